The molecule has 0 atom stereocenters. The maximum atomic E-state index is 4.26. The first-order valence-corrected chi connectivity index (χ1v) is 16.3. The van der Waals surface area contributed by atoms with Gasteiger partial charge in [0.2, 0.25) is 0 Å². The zero-order chi connectivity index (χ0) is 25.1. The Kier molecular flexibility index (Phi) is 24.1. The van der Waals surface area contributed by atoms with Gasteiger partial charge in [-0.2, -0.15) is 0 Å². The van der Waals surface area contributed by atoms with Crippen LogP contribution in [-0.4, -0.2) is 4.98 Å². The van der Waals surface area contributed by atoms with Gasteiger partial charge in [-0.25, -0.2) is 0 Å². The van der Waals surface area contributed by atoms with Crippen molar-refractivity contribution in [3.63, 3.8) is 0 Å². The third kappa shape index (κ3) is 21.0. The number of aromatic nitrogens is 1. The van der Waals surface area contributed by atoms with Gasteiger partial charge in [0, 0.05) is 12.4 Å². The minimum atomic E-state index is 0.754. The quantitative estimate of drug-likeness (QED) is 0.113. The summed E-state index contributed by atoms with van der Waals surface area (Å²) in [4.78, 5) is 4.26. The van der Waals surface area contributed by atoms with E-state index in [0.29, 0.717) is 0 Å². The van der Waals surface area contributed by atoms with Crippen molar-refractivity contribution in [2.45, 2.75) is 187 Å². The van der Waals surface area contributed by atoms with Crippen LogP contribution in [0.4, 0.5) is 0 Å². The molecule has 0 spiro atoms. The molecule has 0 saturated heterocycles. The summed E-state index contributed by atoms with van der Waals surface area (Å²) in [6, 6.07) is 4.54. The molecule has 1 aromatic heterocycles. The predicted molar refractivity (Wildman–Crippen MR) is 158 cm³/mol. The number of unbranched alkanes of at least 4 members (excludes halogenated alkanes) is 22. The Labute approximate surface area is 221 Å². The summed E-state index contributed by atoms with van der Waals surface area (Å²) in [7, 11) is 0. The molecule has 0 saturated carbocycles. The van der Waals surface area contributed by atoms with Gasteiger partial charge in [-0.05, 0) is 36.5 Å². The monoisotopic (exact) mass is 485 g/mol. The second kappa shape index (κ2) is 26.2. The summed E-state index contributed by atoms with van der Waals surface area (Å²) in [6.07, 6.45) is 41.3. The van der Waals surface area contributed by atoms with Crippen molar-refractivity contribution < 1.29 is 0 Å². The maximum Gasteiger partial charge on any atom is 0.0270 e. The van der Waals surface area contributed by atoms with Crippen molar-refractivity contribution >= 4 is 0 Å². The smallest absolute Gasteiger partial charge is 0.0270 e. The second-order valence-electron chi connectivity index (χ2n) is 11.3. The van der Waals surface area contributed by atoms with E-state index >= 15 is 0 Å². The highest BCUT2D eigenvalue weighted by Gasteiger charge is 2.11. The van der Waals surface area contributed by atoms with Gasteiger partial charge in [0.1, 0.15) is 0 Å². The summed E-state index contributed by atoms with van der Waals surface area (Å²) >= 11 is 0. The number of hydrogen-bond acceptors (Lipinski definition) is 1. The highest BCUT2D eigenvalue weighted by atomic mass is 14.6. The zero-order valence-electron chi connectivity index (χ0n) is 24.2. The van der Waals surface area contributed by atoms with E-state index in [2.05, 4.69) is 31.0 Å². The first kappa shape index (κ1) is 32.2. The van der Waals surface area contributed by atoms with Crippen molar-refractivity contribution in [1.82, 2.24) is 4.98 Å². The van der Waals surface area contributed by atoms with Crippen LogP contribution in [0, 0.1) is 0 Å². The van der Waals surface area contributed by atoms with Gasteiger partial charge < -0.3 is 0 Å². The molecule has 1 rings (SSSR count). The molecule has 0 aromatic carbocycles. The Morgan fingerprint density at radius 2 is 0.714 bits per heavy atom. The lowest BCUT2D eigenvalue weighted by molar-refractivity contribution is 0.480. The minimum Gasteiger partial charge on any atom is -0.265 e. The van der Waals surface area contributed by atoms with Gasteiger partial charge in [-0.15, -0.1) is 0 Å². The normalized spacial score (nSPS) is 11.5. The van der Waals surface area contributed by atoms with Gasteiger partial charge in [0.05, 0.1) is 0 Å². The molecule has 1 nitrogen and oxygen atoms in total. The number of nitrogens with zero attached hydrogens (tertiary/aromatic N) is 1. The van der Waals surface area contributed by atoms with E-state index in [0.717, 1.165) is 5.92 Å². The van der Waals surface area contributed by atoms with Crippen LogP contribution >= 0.6 is 0 Å². The number of hydrogen-bond donors (Lipinski definition) is 0. The summed E-state index contributed by atoms with van der Waals surface area (Å²) in [5.74, 6) is 0.754. The second-order valence-corrected chi connectivity index (χ2v) is 11.3. The van der Waals surface area contributed by atoms with Crippen molar-refractivity contribution in [1.29, 1.82) is 0 Å². The first-order valence-electron chi connectivity index (χ1n) is 16.3. The van der Waals surface area contributed by atoms with E-state index in [1.54, 1.807) is 0 Å². The van der Waals surface area contributed by atoms with Crippen LogP contribution in [0.25, 0.3) is 0 Å². The Hall–Kier alpha value is -0.850. The Balaban J connectivity index is 2.04. The van der Waals surface area contributed by atoms with Crippen LogP contribution in [-0.2, 0) is 0 Å². The molecule has 1 aromatic rings. The van der Waals surface area contributed by atoms with Gasteiger partial charge in [-0.3, -0.25) is 4.98 Å². The minimum absolute atomic E-state index is 0.754. The fraction of sp³-hybridized carbons (Fsp3) is 0.853. The fourth-order valence-electron chi connectivity index (χ4n) is 5.58. The average molecular weight is 486 g/mol. The Morgan fingerprint density at radius 1 is 0.429 bits per heavy atom. The molecule has 1 heterocycles. The zero-order valence-corrected chi connectivity index (χ0v) is 24.2. The van der Waals surface area contributed by atoms with Crippen LogP contribution in [0.5, 0.6) is 0 Å². The van der Waals surface area contributed by atoms with Crippen LogP contribution in [0.2, 0.25) is 0 Å². The van der Waals surface area contributed by atoms with E-state index in [1.807, 2.05) is 12.4 Å². The maximum absolute atomic E-state index is 4.26. The van der Waals surface area contributed by atoms with Crippen molar-refractivity contribution in [3.8, 4) is 0 Å². The van der Waals surface area contributed by atoms with Crippen LogP contribution in [0.1, 0.15) is 192 Å². The van der Waals surface area contributed by atoms with Crippen LogP contribution < -0.4 is 0 Å². The molecular weight excluding hydrogens is 422 g/mol. The molecule has 0 bridgehead atoms. The lowest BCUT2D eigenvalue weighted by Gasteiger charge is -2.17. The Bertz CT molecular complexity index is 483. The summed E-state index contributed by atoms with van der Waals surface area (Å²) in [6.45, 7) is 4.61. The van der Waals surface area contributed by atoms with Gasteiger partial charge in [-0.1, -0.05) is 168 Å². The van der Waals surface area contributed by atoms with Crippen molar-refractivity contribution in [2.24, 2.45) is 0 Å². The van der Waals surface area contributed by atoms with Gasteiger partial charge in [0.15, 0.2) is 0 Å². The highest BCUT2D eigenvalue weighted by molar-refractivity contribution is 5.15. The molecule has 0 unspecified atom stereocenters. The number of pyridine rings is 1. The molecule has 0 amide bonds. The van der Waals surface area contributed by atoms with Gasteiger partial charge in [0.25, 0.3) is 0 Å². The molecular formula is C34H63N. The van der Waals surface area contributed by atoms with Gasteiger partial charge >= 0.3 is 0 Å². The molecule has 204 valence electrons. The van der Waals surface area contributed by atoms with E-state index in [1.165, 1.54) is 173 Å². The summed E-state index contributed by atoms with van der Waals surface area (Å²) in [5.41, 5.74) is 1.53. The van der Waals surface area contributed by atoms with Crippen LogP contribution in [0.15, 0.2) is 24.5 Å². The van der Waals surface area contributed by atoms with E-state index in [9.17, 15) is 0 Å². The molecule has 0 N–H and O–H groups in total. The molecule has 0 fully saturated rings. The molecule has 1 heteroatoms. The lowest BCUT2D eigenvalue weighted by Crippen LogP contribution is -2.00. The summed E-state index contributed by atoms with van der Waals surface area (Å²) < 4.78 is 0. The average Bonchev–Trinajstić information content (AvgIpc) is 2.89. The van der Waals surface area contributed by atoms with E-state index in [4.69, 9.17) is 0 Å². The van der Waals surface area contributed by atoms with Crippen molar-refractivity contribution in [3.05, 3.63) is 30.1 Å². The highest BCUT2D eigenvalue weighted by Crippen LogP contribution is 2.28. The molecule has 0 aliphatic heterocycles. The third-order valence-electron chi connectivity index (χ3n) is 7.99. The third-order valence-corrected chi connectivity index (χ3v) is 7.99. The molecule has 0 aliphatic carbocycles. The number of rotatable bonds is 27. The largest absolute Gasteiger partial charge is 0.265 e. The SMILES string of the molecule is CCCCCCCCCCCCCCC(CCCCCCCCCCCCCC)c1ccncc1. The Morgan fingerprint density at radius 3 is 1.03 bits per heavy atom. The predicted octanol–water partition coefficient (Wildman–Crippen LogP) is 12.3. The topological polar surface area (TPSA) is 12.9 Å². The fourth-order valence-corrected chi connectivity index (χ4v) is 5.58. The molecule has 0 aliphatic rings. The first-order chi connectivity index (χ1) is 17.4. The van der Waals surface area contributed by atoms with E-state index in [-0.39, 0.29) is 0 Å². The van der Waals surface area contributed by atoms with E-state index < -0.39 is 0 Å². The molecule has 0 radical (unpaired) electrons. The molecule has 35 heavy (non-hydrogen) atoms. The summed E-state index contributed by atoms with van der Waals surface area (Å²) in [5, 5.41) is 0. The van der Waals surface area contributed by atoms with Crippen LogP contribution in [0.3, 0.4) is 0 Å². The lowest BCUT2D eigenvalue weighted by atomic mass is 9.88. The van der Waals surface area contributed by atoms with Crippen molar-refractivity contribution in [2.75, 3.05) is 0 Å². The standard InChI is InChI=1S/C34H63N/c1-3-5-7-9-11-13-15-17-19-21-23-25-27-33(34-29-31-35-32-30-34)28-26-24-22-20-18-16-14-12-10-8-6-4-2/h29-33H,3-28H2,1-2H3.